The Bertz CT molecular complexity index is 1130. The quantitative estimate of drug-likeness (QED) is 0.639. The molecule has 0 unspecified atom stereocenters. The SMILES string of the molecule is Cc1cc(C(=O)NC(C)C)ccc1NCC(=O)N1CCN(S(=O)(=O)c2cccc(F)c2)CC1. The fourth-order valence-corrected chi connectivity index (χ4v) is 5.04. The van der Waals surface area contributed by atoms with Crippen LogP contribution in [0.1, 0.15) is 29.8 Å². The smallest absolute Gasteiger partial charge is 0.251 e. The first-order valence-corrected chi connectivity index (χ1v) is 12.2. The van der Waals surface area contributed by atoms with Gasteiger partial charge in [0.2, 0.25) is 15.9 Å². The Kier molecular flexibility index (Phi) is 7.70. The molecule has 33 heavy (non-hydrogen) atoms. The van der Waals surface area contributed by atoms with E-state index < -0.39 is 15.8 Å². The molecule has 2 aromatic rings. The number of rotatable bonds is 7. The highest BCUT2D eigenvalue weighted by atomic mass is 32.2. The summed E-state index contributed by atoms with van der Waals surface area (Å²) in [6.07, 6.45) is 0. The minimum absolute atomic E-state index is 0.0394. The number of benzene rings is 2. The Hall–Kier alpha value is -2.98. The second-order valence-electron chi connectivity index (χ2n) is 8.25. The van der Waals surface area contributed by atoms with Gasteiger partial charge in [-0.3, -0.25) is 9.59 Å². The Morgan fingerprint density at radius 2 is 1.76 bits per heavy atom. The second kappa shape index (κ2) is 10.3. The second-order valence-corrected chi connectivity index (χ2v) is 10.2. The van der Waals surface area contributed by atoms with E-state index in [9.17, 15) is 22.4 Å². The van der Waals surface area contributed by atoms with Crippen LogP contribution in [0, 0.1) is 12.7 Å². The van der Waals surface area contributed by atoms with Crippen LogP contribution in [-0.2, 0) is 14.8 Å². The van der Waals surface area contributed by atoms with Gasteiger partial charge in [-0.25, -0.2) is 12.8 Å². The summed E-state index contributed by atoms with van der Waals surface area (Å²) in [4.78, 5) is 26.3. The van der Waals surface area contributed by atoms with Crippen molar-refractivity contribution in [3.05, 3.63) is 59.4 Å². The number of aryl methyl sites for hydroxylation is 1. The number of piperazine rings is 1. The highest BCUT2D eigenvalue weighted by Gasteiger charge is 2.30. The van der Waals surface area contributed by atoms with Crippen LogP contribution in [0.5, 0.6) is 0 Å². The molecular weight excluding hydrogens is 447 g/mol. The minimum atomic E-state index is -3.81. The molecule has 10 heteroatoms. The lowest BCUT2D eigenvalue weighted by molar-refractivity contribution is -0.130. The monoisotopic (exact) mass is 476 g/mol. The van der Waals surface area contributed by atoms with Crippen LogP contribution >= 0.6 is 0 Å². The maximum absolute atomic E-state index is 13.4. The number of amides is 2. The zero-order chi connectivity index (χ0) is 24.2. The fourth-order valence-electron chi connectivity index (χ4n) is 3.59. The molecule has 0 aliphatic carbocycles. The summed E-state index contributed by atoms with van der Waals surface area (Å²) in [6.45, 7) is 6.48. The highest BCUT2D eigenvalue weighted by molar-refractivity contribution is 7.89. The van der Waals surface area contributed by atoms with Gasteiger partial charge in [0, 0.05) is 43.5 Å². The number of sulfonamides is 1. The van der Waals surface area contributed by atoms with Crippen molar-refractivity contribution in [1.29, 1.82) is 0 Å². The zero-order valence-corrected chi connectivity index (χ0v) is 19.8. The van der Waals surface area contributed by atoms with Gasteiger partial charge in [0.15, 0.2) is 0 Å². The van der Waals surface area contributed by atoms with Gasteiger partial charge in [-0.1, -0.05) is 6.07 Å². The van der Waals surface area contributed by atoms with Crippen LogP contribution < -0.4 is 10.6 Å². The van der Waals surface area contributed by atoms with Crippen LogP contribution in [0.4, 0.5) is 10.1 Å². The normalized spacial score (nSPS) is 14.9. The van der Waals surface area contributed by atoms with Gasteiger partial charge in [-0.2, -0.15) is 4.31 Å². The van der Waals surface area contributed by atoms with E-state index in [1.54, 1.807) is 23.1 Å². The molecule has 1 heterocycles. The van der Waals surface area contributed by atoms with Crippen molar-refractivity contribution in [3.8, 4) is 0 Å². The van der Waals surface area contributed by atoms with Crippen LogP contribution in [0.15, 0.2) is 47.4 Å². The molecule has 1 saturated heterocycles. The van der Waals surface area contributed by atoms with Gasteiger partial charge in [0.1, 0.15) is 5.82 Å². The Balaban J connectivity index is 1.54. The summed E-state index contributed by atoms with van der Waals surface area (Å²) < 4.78 is 40.1. The van der Waals surface area contributed by atoms with Crippen LogP contribution in [-0.4, -0.2) is 68.2 Å². The Morgan fingerprint density at radius 3 is 2.36 bits per heavy atom. The number of anilines is 1. The number of nitrogens with zero attached hydrogens (tertiary/aromatic N) is 2. The molecule has 1 fully saturated rings. The standard InChI is InChI=1S/C23H29FN4O4S/c1-16(2)26-23(30)18-7-8-21(17(3)13-18)25-15-22(29)27-9-11-28(12-10-27)33(31,32)20-6-4-5-19(24)14-20/h4-8,13-14,16,25H,9-12,15H2,1-3H3,(H,26,30). The average molecular weight is 477 g/mol. The number of halogens is 1. The van der Waals surface area contributed by atoms with Crippen LogP contribution in [0.25, 0.3) is 0 Å². The maximum atomic E-state index is 13.4. The Labute approximate surface area is 193 Å². The number of carbonyl (C=O) groups excluding carboxylic acids is 2. The van der Waals surface area contributed by atoms with Gasteiger partial charge in [0.25, 0.3) is 5.91 Å². The van der Waals surface area contributed by atoms with Crippen molar-refractivity contribution >= 4 is 27.5 Å². The molecule has 1 aliphatic heterocycles. The topological polar surface area (TPSA) is 98.8 Å². The summed E-state index contributed by atoms with van der Waals surface area (Å²) in [5.74, 6) is -0.916. The highest BCUT2D eigenvalue weighted by Crippen LogP contribution is 2.19. The lowest BCUT2D eigenvalue weighted by atomic mass is 10.1. The van der Waals surface area contributed by atoms with Crippen molar-refractivity contribution < 1.29 is 22.4 Å². The average Bonchev–Trinajstić information content (AvgIpc) is 2.77. The summed E-state index contributed by atoms with van der Waals surface area (Å²) in [5.41, 5.74) is 2.13. The van der Waals surface area contributed by atoms with E-state index in [1.807, 2.05) is 20.8 Å². The van der Waals surface area contributed by atoms with E-state index in [4.69, 9.17) is 0 Å². The Morgan fingerprint density at radius 1 is 1.06 bits per heavy atom. The molecule has 0 radical (unpaired) electrons. The third kappa shape index (κ3) is 6.08. The lowest BCUT2D eigenvalue weighted by Gasteiger charge is -2.34. The van der Waals surface area contributed by atoms with Crippen molar-refractivity contribution in [2.75, 3.05) is 38.0 Å². The molecule has 0 saturated carbocycles. The van der Waals surface area contributed by atoms with E-state index in [-0.39, 0.29) is 55.5 Å². The molecule has 0 bridgehead atoms. The van der Waals surface area contributed by atoms with Crippen LogP contribution in [0.2, 0.25) is 0 Å². The molecule has 0 aromatic heterocycles. The van der Waals surface area contributed by atoms with Crippen LogP contribution in [0.3, 0.4) is 0 Å². The molecule has 2 aromatic carbocycles. The summed E-state index contributed by atoms with van der Waals surface area (Å²) in [5, 5.41) is 5.93. The van der Waals surface area contributed by atoms with E-state index in [1.165, 1.54) is 22.5 Å². The summed E-state index contributed by atoms with van der Waals surface area (Å²) >= 11 is 0. The molecular formula is C23H29FN4O4S. The molecule has 8 nitrogen and oxygen atoms in total. The molecule has 2 amide bonds. The molecule has 0 spiro atoms. The number of nitrogens with one attached hydrogen (secondary N) is 2. The third-order valence-corrected chi connectivity index (χ3v) is 7.26. The number of hydrogen-bond acceptors (Lipinski definition) is 5. The van der Waals surface area contributed by atoms with Gasteiger partial charge < -0.3 is 15.5 Å². The largest absolute Gasteiger partial charge is 0.376 e. The third-order valence-electron chi connectivity index (χ3n) is 5.36. The molecule has 178 valence electrons. The maximum Gasteiger partial charge on any atom is 0.251 e. The van der Waals surface area contributed by atoms with E-state index in [0.29, 0.717) is 5.56 Å². The molecule has 2 N–H and O–H groups in total. The first kappa shape index (κ1) is 24.7. The zero-order valence-electron chi connectivity index (χ0n) is 19.0. The van der Waals surface area contributed by atoms with E-state index in [2.05, 4.69) is 10.6 Å². The van der Waals surface area contributed by atoms with Crippen molar-refractivity contribution in [1.82, 2.24) is 14.5 Å². The van der Waals surface area contributed by atoms with E-state index in [0.717, 1.165) is 17.3 Å². The first-order chi connectivity index (χ1) is 15.6. The van der Waals surface area contributed by atoms with Gasteiger partial charge >= 0.3 is 0 Å². The lowest BCUT2D eigenvalue weighted by Crippen LogP contribution is -2.51. The number of hydrogen-bond donors (Lipinski definition) is 2. The minimum Gasteiger partial charge on any atom is -0.376 e. The van der Waals surface area contributed by atoms with Gasteiger partial charge in [-0.05, 0) is 62.7 Å². The molecule has 3 rings (SSSR count). The first-order valence-electron chi connectivity index (χ1n) is 10.8. The molecule has 1 aliphatic rings. The predicted molar refractivity (Wildman–Crippen MR) is 124 cm³/mol. The number of carbonyl (C=O) groups is 2. The predicted octanol–water partition coefficient (Wildman–Crippen LogP) is 2.22. The van der Waals surface area contributed by atoms with Crippen molar-refractivity contribution in [2.45, 2.75) is 31.7 Å². The summed E-state index contributed by atoms with van der Waals surface area (Å²) in [7, 11) is -3.81. The van der Waals surface area contributed by atoms with Crippen molar-refractivity contribution in [2.24, 2.45) is 0 Å². The van der Waals surface area contributed by atoms with Gasteiger partial charge in [0.05, 0.1) is 11.4 Å². The van der Waals surface area contributed by atoms with E-state index >= 15 is 0 Å². The molecule has 0 atom stereocenters. The van der Waals surface area contributed by atoms with Crippen molar-refractivity contribution in [3.63, 3.8) is 0 Å². The summed E-state index contributed by atoms with van der Waals surface area (Å²) in [6, 6.07) is 10.2. The fraction of sp³-hybridized carbons (Fsp3) is 0.391. The van der Waals surface area contributed by atoms with Gasteiger partial charge in [-0.15, -0.1) is 0 Å².